The summed E-state index contributed by atoms with van der Waals surface area (Å²) in [6.07, 6.45) is 0. The Balaban J connectivity index is 1.97. The molecule has 2 rings (SSSR count). The Morgan fingerprint density at radius 1 is 1.05 bits per heavy atom. The maximum atomic E-state index is 12.0. The summed E-state index contributed by atoms with van der Waals surface area (Å²) >= 11 is 5.75. The van der Waals surface area contributed by atoms with Crippen LogP contribution in [-0.2, 0) is 19.0 Å². The molecule has 0 atom stereocenters. The zero-order chi connectivity index (χ0) is 14.4. The molecule has 0 radical (unpaired) electrons. The van der Waals surface area contributed by atoms with Crippen molar-refractivity contribution in [3.05, 3.63) is 70.8 Å². The van der Waals surface area contributed by atoms with Crippen LogP contribution in [0, 0.1) is 0 Å². The van der Waals surface area contributed by atoms with Gasteiger partial charge in [-0.1, -0.05) is 36.4 Å². The van der Waals surface area contributed by atoms with Crippen molar-refractivity contribution in [1.82, 2.24) is 5.32 Å². The first kappa shape index (κ1) is 14.6. The fraction of sp³-hybridized carbons (Fsp3) is 0.188. The lowest BCUT2D eigenvalue weighted by atomic mass is 10.1. The van der Waals surface area contributed by atoms with Crippen LogP contribution in [0.5, 0.6) is 0 Å². The van der Waals surface area contributed by atoms with Crippen LogP contribution in [0.3, 0.4) is 0 Å². The van der Waals surface area contributed by atoms with Crippen LogP contribution in [0.2, 0.25) is 0 Å². The molecule has 0 aromatic heterocycles. The molecule has 20 heavy (non-hydrogen) atoms. The van der Waals surface area contributed by atoms with Crippen molar-refractivity contribution in [3.63, 3.8) is 0 Å². The first-order valence-electron chi connectivity index (χ1n) is 6.34. The number of nitrogens with one attached hydrogen (secondary N) is 1. The average Bonchev–Trinajstić information content (AvgIpc) is 2.53. The molecule has 0 aliphatic heterocycles. The highest BCUT2D eigenvalue weighted by molar-refractivity contribution is 6.17. The zero-order valence-electron chi connectivity index (χ0n) is 11.0. The second kappa shape index (κ2) is 7.08. The number of aliphatic hydroxyl groups is 1. The summed E-state index contributed by atoms with van der Waals surface area (Å²) < 4.78 is 0. The van der Waals surface area contributed by atoms with Crippen LogP contribution < -0.4 is 5.32 Å². The molecule has 0 heterocycles. The van der Waals surface area contributed by atoms with E-state index in [1.165, 1.54) is 0 Å². The predicted molar refractivity (Wildman–Crippen MR) is 79.5 cm³/mol. The van der Waals surface area contributed by atoms with E-state index in [1.807, 2.05) is 36.4 Å². The Morgan fingerprint density at radius 2 is 1.75 bits per heavy atom. The molecule has 104 valence electrons. The van der Waals surface area contributed by atoms with Gasteiger partial charge in [0, 0.05) is 18.0 Å². The maximum absolute atomic E-state index is 12.0. The first-order chi connectivity index (χ1) is 9.72. The van der Waals surface area contributed by atoms with E-state index in [0.717, 1.165) is 16.7 Å². The quantitative estimate of drug-likeness (QED) is 0.832. The van der Waals surface area contributed by atoms with Crippen LogP contribution >= 0.6 is 11.6 Å². The number of hydrogen-bond donors (Lipinski definition) is 2. The van der Waals surface area contributed by atoms with Gasteiger partial charge in [0.25, 0.3) is 5.91 Å². The van der Waals surface area contributed by atoms with Crippen molar-refractivity contribution in [2.45, 2.75) is 19.0 Å². The lowest BCUT2D eigenvalue weighted by Gasteiger charge is -2.07. The van der Waals surface area contributed by atoms with Crippen molar-refractivity contribution in [3.8, 4) is 0 Å². The summed E-state index contributed by atoms with van der Waals surface area (Å²) in [5.74, 6) is 0.271. The van der Waals surface area contributed by atoms with Crippen molar-refractivity contribution >= 4 is 17.5 Å². The third-order valence-electron chi connectivity index (χ3n) is 3.00. The molecule has 0 fully saturated rings. The number of halogens is 1. The number of aliphatic hydroxyl groups excluding tert-OH is 1. The summed E-state index contributed by atoms with van der Waals surface area (Å²) in [5.41, 5.74) is 3.38. The maximum Gasteiger partial charge on any atom is 0.251 e. The van der Waals surface area contributed by atoms with Crippen molar-refractivity contribution in [2.24, 2.45) is 0 Å². The van der Waals surface area contributed by atoms with Gasteiger partial charge in [0.05, 0.1) is 6.61 Å². The van der Waals surface area contributed by atoms with E-state index in [9.17, 15) is 4.79 Å². The smallest absolute Gasteiger partial charge is 0.251 e. The fourth-order valence-corrected chi connectivity index (χ4v) is 2.01. The molecule has 0 bridgehead atoms. The van der Waals surface area contributed by atoms with Crippen LogP contribution in [-0.4, -0.2) is 11.0 Å². The Bertz CT molecular complexity index is 581. The van der Waals surface area contributed by atoms with E-state index in [1.54, 1.807) is 12.1 Å². The number of rotatable bonds is 5. The van der Waals surface area contributed by atoms with Gasteiger partial charge in [0.15, 0.2) is 0 Å². The minimum absolute atomic E-state index is 0.0257. The molecular weight excluding hydrogens is 274 g/mol. The van der Waals surface area contributed by atoms with Crippen molar-refractivity contribution < 1.29 is 9.90 Å². The van der Waals surface area contributed by atoms with E-state index in [2.05, 4.69) is 5.32 Å². The monoisotopic (exact) mass is 289 g/mol. The van der Waals surface area contributed by atoms with Gasteiger partial charge in [-0.2, -0.15) is 0 Å². The normalized spacial score (nSPS) is 10.3. The van der Waals surface area contributed by atoms with E-state index >= 15 is 0 Å². The number of amides is 1. The highest BCUT2D eigenvalue weighted by Gasteiger charge is 2.05. The Hall–Kier alpha value is -1.84. The lowest BCUT2D eigenvalue weighted by molar-refractivity contribution is 0.0951. The number of hydrogen-bond acceptors (Lipinski definition) is 2. The Morgan fingerprint density at radius 3 is 2.40 bits per heavy atom. The highest BCUT2D eigenvalue weighted by Crippen LogP contribution is 2.09. The highest BCUT2D eigenvalue weighted by atomic mass is 35.5. The molecule has 3 nitrogen and oxygen atoms in total. The van der Waals surface area contributed by atoms with Crippen LogP contribution in [0.15, 0.2) is 48.5 Å². The SMILES string of the molecule is O=C(NCc1ccc(CO)cc1)c1cccc(CCl)c1. The van der Waals surface area contributed by atoms with E-state index < -0.39 is 0 Å². The molecular formula is C16H16ClNO2. The molecule has 0 saturated carbocycles. The third-order valence-corrected chi connectivity index (χ3v) is 3.31. The molecule has 2 N–H and O–H groups in total. The molecule has 1 amide bonds. The number of carbonyl (C=O) groups excluding carboxylic acids is 1. The second-order valence-electron chi connectivity index (χ2n) is 4.49. The van der Waals surface area contributed by atoms with Gasteiger partial charge in [0.2, 0.25) is 0 Å². The number of carbonyl (C=O) groups is 1. The summed E-state index contributed by atoms with van der Waals surface area (Å²) in [7, 11) is 0. The van der Waals surface area contributed by atoms with Gasteiger partial charge in [-0.3, -0.25) is 4.79 Å². The molecule has 2 aromatic rings. The molecule has 0 spiro atoms. The summed E-state index contributed by atoms with van der Waals surface area (Å²) in [4.78, 5) is 12.0. The molecule has 0 unspecified atom stereocenters. The molecule has 0 saturated heterocycles. The minimum atomic E-state index is -0.122. The average molecular weight is 290 g/mol. The second-order valence-corrected chi connectivity index (χ2v) is 4.76. The Labute approximate surface area is 123 Å². The van der Waals surface area contributed by atoms with E-state index in [4.69, 9.17) is 16.7 Å². The first-order valence-corrected chi connectivity index (χ1v) is 6.88. The Kier molecular flexibility index (Phi) is 5.16. The van der Waals surface area contributed by atoms with Gasteiger partial charge in [-0.25, -0.2) is 0 Å². The number of alkyl halides is 1. The molecule has 0 aliphatic carbocycles. The lowest BCUT2D eigenvalue weighted by Crippen LogP contribution is -2.22. The molecule has 2 aromatic carbocycles. The van der Waals surface area contributed by atoms with Gasteiger partial charge in [-0.15, -0.1) is 11.6 Å². The standard InChI is InChI=1S/C16H16ClNO2/c17-9-14-2-1-3-15(8-14)16(20)18-10-12-4-6-13(11-19)7-5-12/h1-8,19H,9-11H2,(H,18,20). The van der Waals surface area contributed by atoms with Gasteiger partial charge >= 0.3 is 0 Å². The van der Waals surface area contributed by atoms with Gasteiger partial charge < -0.3 is 10.4 Å². The van der Waals surface area contributed by atoms with Crippen LogP contribution in [0.4, 0.5) is 0 Å². The topological polar surface area (TPSA) is 49.3 Å². The predicted octanol–water partition coefficient (Wildman–Crippen LogP) is 2.85. The fourth-order valence-electron chi connectivity index (χ4n) is 1.84. The largest absolute Gasteiger partial charge is 0.392 e. The number of benzene rings is 2. The van der Waals surface area contributed by atoms with Crippen molar-refractivity contribution in [1.29, 1.82) is 0 Å². The van der Waals surface area contributed by atoms with E-state index in [-0.39, 0.29) is 12.5 Å². The van der Waals surface area contributed by atoms with Gasteiger partial charge in [0.1, 0.15) is 0 Å². The van der Waals surface area contributed by atoms with Crippen LogP contribution in [0.25, 0.3) is 0 Å². The summed E-state index contributed by atoms with van der Waals surface area (Å²) in [6, 6.07) is 14.7. The van der Waals surface area contributed by atoms with Gasteiger partial charge in [-0.05, 0) is 28.8 Å². The summed E-state index contributed by atoms with van der Waals surface area (Å²) in [6.45, 7) is 0.480. The van der Waals surface area contributed by atoms with Crippen LogP contribution in [0.1, 0.15) is 27.0 Å². The molecule has 4 heteroatoms. The van der Waals surface area contributed by atoms with Crippen molar-refractivity contribution in [2.75, 3.05) is 0 Å². The molecule has 0 aliphatic rings. The zero-order valence-corrected chi connectivity index (χ0v) is 11.7. The van der Waals surface area contributed by atoms with E-state index in [0.29, 0.717) is 18.0 Å². The minimum Gasteiger partial charge on any atom is -0.392 e. The summed E-state index contributed by atoms with van der Waals surface area (Å²) in [5, 5.41) is 11.8. The third kappa shape index (κ3) is 3.83.